The van der Waals surface area contributed by atoms with Gasteiger partial charge in [-0.1, -0.05) is 6.08 Å². The first kappa shape index (κ1) is 15.4. The van der Waals surface area contributed by atoms with Gasteiger partial charge in [0.1, 0.15) is 0 Å². The molecule has 2 N–H and O–H groups in total. The van der Waals surface area contributed by atoms with Gasteiger partial charge in [0.05, 0.1) is 17.1 Å². The molecular weight excluding hydrogens is 320 g/mol. The minimum Gasteiger partial charge on any atom is -0.503 e. The van der Waals surface area contributed by atoms with E-state index in [2.05, 4.69) is 32.7 Å². The van der Waals surface area contributed by atoms with Crippen molar-refractivity contribution in [2.24, 2.45) is 0 Å². The van der Waals surface area contributed by atoms with Crippen molar-refractivity contribution in [3.8, 4) is 11.5 Å². The zero-order chi connectivity index (χ0) is 14.5. The van der Waals surface area contributed by atoms with Crippen molar-refractivity contribution in [2.75, 3.05) is 32.8 Å². The van der Waals surface area contributed by atoms with Crippen molar-refractivity contribution < 1.29 is 9.84 Å². The van der Waals surface area contributed by atoms with Crippen LogP contribution in [0.25, 0.3) is 0 Å². The van der Waals surface area contributed by atoms with Crippen molar-refractivity contribution in [2.45, 2.75) is 13.0 Å². The summed E-state index contributed by atoms with van der Waals surface area (Å²) in [5.41, 5.74) is 1.08. The fourth-order valence-corrected chi connectivity index (χ4v) is 2.95. The van der Waals surface area contributed by atoms with Crippen molar-refractivity contribution in [3.63, 3.8) is 0 Å². The van der Waals surface area contributed by atoms with Crippen LogP contribution in [-0.4, -0.2) is 42.8 Å². The molecule has 0 aromatic heterocycles. The zero-order valence-corrected chi connectivity index (χ0v) is 13.3. The van der Waals surface area contributed by atoms with Crippen LogP contribution in [0.5, 0.6) is 11.5 Å². The first-order chi connectivity index (χ1) is 9.67. The topological polar surface area (TPSA) is 44.7 Å². The highest BCUT2D eigenvalue weighted by Gasteiger charge is 2.21. The Hall–Kier alpha value is -1.04. The summed E-state index contributed by atoms with van der Waals surface area (Å²) >= 11 is 3.39. The zero-order valence-electron chi connectivity index (χ0n) is 11.7. The number of hydrogen-bond acceptors (Lipinski definition) is 4. The molecule has 1 heterocycles. The van der Waals surface area contributed by atoms with Crippen molar-refractivity contribution in [1.82, 2.24) is 10.2 Å². The predicted molar refractivity (Wildman–Crippen MR) is 84.4 cm³/mol. The SMILES string of the molecule is C=C[C@H](c1cc(Br)c(O)c(OCC)c1)N1CCNCC1. The van der Waals surface area contributed by atoms with Gasteiger partial charge < -0.3 is 15.2 Å². The van der Waals surface area contributed by atoms with Crippen molar-refractivity contribution in [3.05, 3.63) is 34.8 Å². The molecule has 1 fully saturated rings. The maximum Gasteiger partial charge on any atom is 0.172 e. The molecule has 20 heavy (non-hydrogen) atoms. The van der Waals surface area contributed by atoms with Gasteiger partial charge in [0, 0.05) is 26.2 Å². The highest BCUT2D eigenvalue weighted by molar-refractivity contribution is 9.10. The maximum atomic E-state index is 10.00. The lowest BCUT2D eigenvalue weighted by molar-refractivity contribution is 0.203. The molecule has 5 heteroatoms. The Kier molecular flexibility index (Phi) is 5.46. The lowest BCUT2D eigenvalue weighted by Crippen LogP contribution is -2.44. The summed E-state index contributed by atoms with van der Waals surface area (Å²) in [5, 5.41) is 13.3. The molecule has 1 aliphatic rings. The summed E-state index contributed by atoms with van der Waals surface area (Å²) in [7, 11) is 0. The van der Waals surface area contributed by atoms with E-state index in [9.17, 15) is 5.11 Å². The van der Waals surface area contributed by atoms with E-state index in [1.165, 1.54) is 0 Å². The van der Waals surface area contributed by atoms with Crippen molar-refractivity contribution >= 4 is 15.9 Å². The van der Waals surface area contributed by atoms with Gasteiger partial charge in [-0.25, -0.2) is 0 Å². The Labute approximate surface area is 128 Å². The van der Waals surface area contributed by atoms with E-state index in [0.29, 0.717) is 16.8 Å². The van der Waals surface area contributed by atoms with Gasteiger partial charge in [-0.15, -0.1) is 6.58 Å². The lowest BCUT2D eigenvalue weighted by atomic mass is 10.0. The number of piperazine rings is 1. The Morgan fingerprint density at radius 3 is 2.80 bits per heavy atom. The number of benzene rings is 1. The molecule has 0 radical (unpaired) electrons. The number of phenols is 1. The second-order valence-corrected chi connectivity index (χ2v) is 5.60. The average molecular weight is 341 g/mol. The van der Waals surface area contributed by atoms with Crippen LogP contribution in [0.3, 0.4) is 0 Å². The average Bonchev–Trinajstić information content (AvgIpc) is 2.46. The molecule has 2 rings (SSSR count). The van der Waals surface area contributed by atoms with Crippen LogP contribution in [-0.2, 0) is 0 Å². The van der Waals surface area contributed by atoms with E-state index in [-0.39, 0.29) is 11.8 Å². The van der Waals surface area contributed by atoms with E-state index in [4.69, 9.17) is 4.74 Å². The molecule has 1 aliphatic heterocycles. The Bertz CT molecular complexity index is 473. The number of hydrogen-bond donors (Lipinski definition) is 2. The number of nitrogens with zero attached hydrogens (tertiary/aromatic N) is 1. The van der Waals surface area contributed by atoms with Gasteiger partial charge in [-0.3, -0.25) is 4.90 Å². The molecule has 1 aromatic carbocycles. The first-order valence-electron chi connectivity index (χ1n) is 6.90. The highest BCUT2D eigenvalue weighted by atomic mass is 79.9. The fourth-order valence-electron chi connectivity index (χ4n) is 2.49. The number of aromatic hydroxyl groups is 1. The monoisotopic (exact) mass is 340 g/mol. The molecular formula is C15H21BrN2O2. The molecule has 0 bridgehead atoms. The third kappa shape index (κ3) is 3.34. The van der Waals surface area contributed by atoms with Gasteiger partial charge in [-0.05, 0) is 40.5 Å². The van der Waals surface area contributed by atoms with Crippen LogP contribution in [0.4, 0.5) is 0 Å². The summed E-state index contributed by atoms with van der Waals surface area (Å²) in [6.45, 7) is 10.3. The third-order valence-corrected chi connectivity index (χ3v) is 4.06. The van der Waals surface area contributed by atoms with Gasteiger partial charge in [0.2, 0.25) is 0 Å². The second kappa shape index (κ2) is 7.11. The number of phenolic OH excluding ortho intramolecular Hbond substituents is 1. The maximum absolute atomic E-state index is 10.00. The minimum atomic E-state index is 0.133. The molecule has 4 nitrogen and oxygen atoms in total. The molecule has 1 saturated heterocycles. The number of nitrogens with one attached hydrogen (secondary N) is 1. The minimum absolute atomic E-state index is 0.133. The molecule has 0 saturated carbocycles. The molecule has 1 aromatic rings. The summed E-state index contributed by atoms with van der Waals surface area (Å²) in [6, 6.07) is 3.97. The molecule has 0 amide bonds. The summed E-state index contributed by atoms with van der Waals surface area (Å²) in [6.07, 6.45) is 1.94. The standard InChI is InChI=1S/C15H21BrN2O2/c1-3-13(18-7-5-17-6-8-18)11-9-12(16)15(19)14(10-11)20-4-2/h3,9-10,13,17,19H,1,4-8H2,2H3/t13-/m1/s1. The van der Waals surface area contributed by atoms with Crippen LogP contribution in [0.15, 0.2) is 29.3 Å². The van der Waals surface area contributed by atoms with E-state index in [1.54, 1.807) is 0 Å². The number of ether oxygens (including phenoxy) is 1. The van der Waals surface area contributed by atoms with Crippen LogP contribution >= 0.6 is 15.9 Å². The smallest absolute Gasteiger partial charge is 0.172 e. The summed E-state index contributed by atoms with van der Waals surface area (Å²) in [5.74, 6) is 0.664. The Morgan fingerprint density at radius 2 is 2.20 bits per heavy atom. The normalized spacial score (nSPS) is 17.7. The van der Waals surface area contributed by atoms with E-state index >= 15 is 0 Å². The van der Waals surface area contributed by atoms with Crippen LogP contribution in [0, 0.1) is 0 Å². The third-order valence-electron chi connectivity index (χ3n) is 3.46. The van der Waals surface area contributed by atoms with Crippen molar-refractivity contribution in [1.29, 1.82) is 0 Å². The molecule has 0 aliphatic carbocycles. The fraction of sp³-hybridized carbons (Fsp3) is 0.467. The molecule has 1 atom stereocenters. The van der Waals surface area contributed by atoms with Gasteiger partial charge in [0.25, 0.3) is 0 Å². The number of rotatable bonds is 5. The summed E-state index contributed by atoms with van der Waals surface area (Å²) in [4.78, 5) is 2.37. The second-order valence-electron chi connectivity index (χ2n) is 4.75. The molecule has 110 valence electrons. The molecule has 0 unspecified atom stereocenters. The van der Waals surface area contributed by atoms with Crippen LogP contribution in [0.1, 0.15) is 18.5 Å². The van der Waals surface area contributed by atoms with Crippen LogP contribution < -0.4 is 10.1 Å². The van der Waals surface area contributed by atoms with Gasteiger partial charge in [-0.2, -0.15) is 0 Å². The van der Waals surface area contributed by atoms with E-state index in [0.717, 1.165) is 31.7 Å². The predicted octanol–water partition coefficient (Wildman–Crippen LogP) is 2.69. The van der Waals surface area contributed by atoms with Gasteiger partial charge in [0.15, 0.2) is 11.5 Å². The van der Waals surface area contributed by atoms with E-state index in [1.807, 2.05) is 25.1 Å². The first-order valence-corrected chi connectivity index (χ1v) is 7.69. The lowest BCUT2D eigenvalue weighted by Gasteiger charge is -2.33. The Balaban J connectivity index is 2.31. The largest absolute Gasteiger partial charge is 0.503 e. The Morgan fingerprint density at radius 1 is 1.50 bits per heavy atom. The summed E-state index contributed by atoms with van der Waals surface area (Å²) < 4.78 is 6.15. The van der Waals surface area contributed by atoms with Crippen LogP contribution in [0.2, 0.25) is 0 Å². The van der Waals surface area contributed by atoms with Gasteiger partial charge >= 0.3 is 0 Å². The van der Waals surface area contributed by atoms with E-state index < -0.39 is 0 Å². The number of halogens is 1. The molecule has 0 spiro atoms. The highest BCUT2D eigenvalue weighted by Crippen LogP contribution is 2.38. The quantitative estimate of drug-likeness (QED) is 0.809.